The molecule has 218 valence electrons. The van der Waals surface area contributed by atoms with Crippen molar-refractivity contribution in [1.29, 1.82) is 0 Å². The number of benzene rings is 6. The van der Waals surface area contributed by atoms with Crippen LogP contribution in [-0.2, 0) is 9.31 Å². The molecule has 1 fully saturated rings. The van der Waals surface area contributed by atoms with Crippen LogP contribution in [0.25, 0.3) is 65.7 Å². The highest BCUT2D eigenvalue weighted by Crippen LogP contribution is 2.46. The topological polar surface area (TPSA) is 31.4 Å². The molecule has 7 aromatic rings. The van der Waals surface area contributed by atoms with Gasteiger partial charge in [-0.1, -0.05) is 121 Å². The maximum Gasteiger partial charge on any atom is 0.514 e. The lowest BCUT2D eigenvalue weighted by molar-refractivity contribution is 0.00578. The molecule has 0 spiro atoms. The van der Waals surface area contributed by atoms with Gasteiger partial charge in [0.25, 0.3) is 0 Å². The maximum absolute atomic E-state index is 6.29. The highest BCUT2D eigenvalue weighted by Gasteiger charge is 2.52. The van der Waals surface area contributed by atoms with Gasteiger partial charge in [-0.15, -0.1) is 0 Å². The average Bonchev–Trinajstić information content (AvgIpc) is 3.29. The summed E-state index contributed by atoms with van der Waals surface area (Å²) in [6, 6.07) is 45.8. The molecule has 1 aliphatic rings. The van der Waals surface area contributed by atoms with Gasteiger partial charge in [0, 0.05) is 11.8 Å². The summed E-state index contributed by atoms with van der Waals surface area (Å²) in [7, 11) is -0.493. The summed E-state index contributed by atoms with van der Waals surface area (Å²) in [6.07, 6.45) is 1.97. The standard InChI is InChI=1S/C41H34BNO2/c1-40(2)41(3,4)45-42(44-40)37-25-22-28(26-43-37)38-32-18-10-12-20-34(32)39(35-21-13-11-19-33(35)38)36-24-23-29(27-14-6-5-7-15-27)30-16-8-9-17-31(30)36/h5-26H,1-4H3. The zero-order chi connectivity index (χ0) is 30.8. The third-order valence-electron chi connectivity index (χ3n) is 9.78. The number of fused-ring (bicyclic) bond motifs is 3. The van der Waals surface area contributed by atoms with Crippen molar-refractivity contribution in [3.05, 3.63) is 134 Å². The minimum atomic E-state index is -0.493. The zero-order valence-electron chi connectivity index (χ0n) is 26.0. The monoisotopic (exact) mass is 583 g/mol. The van der Waals surface area contributed by atoms with Gasteiger partial charge in [0.15, 0.2) is 0 Å². The van der Waals surface area contributed by atoms with Crippen molar-refractivity contribution in [3.63, 3.8) is 0 Å². The molecule has 1 aromatic heterocycles. The molecule has 3 nitrogen and oxygen atoms in total. The van der Waals surface area contributed by atoms with Gasteiger partial charge in [-0.2, -0.15) is 0 Å². The van der Waals surface area contributed by atoms with E-state index in [1.54, 1.807) is 0 Å². The van der Waals surface area contributed by atoms with E-state index in [-0.39, 0.29) is 0 Å². The Morgan fingerprint density at radius 3 is 1.44 bits per heavy atom. The summed E-state index contributed by atoms with van der Waals surface area (Å²) < 4.78 is 12.6. The van der Waals surface area contributed by atoms with Gasteiger partial charge in [-0.25, -0.2) is 0 Å². The first-order valence-corrected chi connectivity index (χ1v) is 15.7. The summed E-state index contributed by atoms with van der Waals surface area (Å²) in [6.45, 7) is 8.28. The van der Waals surface area contributed by atoms with Crippen LogP contribution in [-0.4, -0.2) is 23.3 Å². The minimum Gasteiger partial charge on any atom is -0.398 e. The third-order valence-corrected chi connectivity index (χ3v) is 9.78. The van der Waals surface area contributed by atoms with Gasteiger partial charge >= 0.3 is 7.12 Å². The molecule has 45 heavy (non-hydrogen) atoms. The Bertz CT molecular complexity index is 2150. The Kier molecular flexibility index (Phi) is 6.42. The van der Waals surface area contributed by atoms with Crippen LogP contribution < -0.4 is 5.59 Å². The van der Waals surface area contributed by atoms with Crippen molar-refractivity contribution in [2.45, 2.75) is 38.9 Å². The fourth-order valence-corrected chi connectivity index (χ4v) is 6.77. The van der Waals surface area contributed by atoms with Crippen LogP contribution in [0.1, 0.15) is 27.7 Å². The smallest absolute Gasteiger partial charge is 0.398 e. The first-order chi connectivity index (χ1) is 21.8. The quantitative estimate of drug-likeness (QED) is 0.153. The molecular formula is C41H34BNO2. The van der Waals surface area contributed by atoms with Crippen molar-refractivity contribution in [1.82, 2.24) is 4.98 Å². The van der Waals surface area contributed by atoms with Gasteiger partial charge in [-0.3, -0.25) is 4.98 Å². The molecule has 0 bridgehead atoms. The Morgan fingerprint density at radius 2 is 0.911 bits per heavy atom. The molecule has 6 aromatic carbocycles. The normalized spacial score (nSPS) is 15.7. The molecule has 0 radical (unpaired) electrons. The van der Waals surface area contributed by atoms with E-state index >= 15 is 0 Å². The van der Waals surface area contributed by atoms with E-state index in [2.05, 4.69) is 149 Å². The molecule has 0 aliphatic carbocycles. The van der Waals surface area contributed by atoms with Crippen LogP contribution >= 0.6 is 0 Å². The summed E-state index contributed by atoms with van der Waals surface area (Å²) in [5.41, 5.74) is 7.17. The van der Waals surface area contributed by atoms with Crippen LogP contribution in [0, 0.1) is 0 Å². The lowest BCUT2D eigenvalue weighted by atomic mass is 9.82. The second-order valence-corrected chi connectivity index (χ2v) is 13.0. The van der Waals surface area contributed by atoms with Crippen molar-refractivity contribution >= 4 is 45.0 Å². The number of hydrogen-bond acceptors (Lipinski definition) is 3. The average molecular weight is 584 g/mol. The first kappa shape index (κ1) is 27.8. The molecule has 0 amide bonds. The second kappa shape index (κ2) is 10.4. The molecule has 8 rings (SSSR count). The predicted octanol–water partition coefficient (Wildman–Crippen LogP) is 9.84. The lowest BCUT2D eigenvalue weighted by Crippen LogP contribution is -2.41. The summed E-state index contributed by atoms with van der Waals surface area (Å²) >= 11 is 0. The number of hydrogen-bond donors (Lipinski definition) is 0. The highest BCUT2D eigenvalue weighted by molar-refractivity contribution is 6.61. The largest absolute Gasteiger partial charge is 0.514 e. The Balaban J connectivity index is 1.33. The van der Waals surface area contributed by atoms with Gasteiger partial charge in [-0.05, 0) is 93.9 Å². The molecule has 0 saturated carbocycles. The zero-order valence-corrected chi connectivity index (χ0v) is 26.0. The van der Waals surface area contributed by atoms with Gasteiger partial charge in [0.2, 0.25) is 0 Å². The number of nitrogens with zero attached hydrogens (tertiary/aromatic N) is 1. The fourth-order valence-electron chi connectivity index (χ4n) is 6.77. The van der Waals surface area contributed by atoms with E-state index in [4.69, 9.17) is 14.3 Å². The van der Waals surface area contributed by atoms with E-state index in [9.17, 15) is 0 Å². The van der Waals surface area contributed by atoms with Gasteiger partial charge < -0.3 is 9.31 Å². The van der Waals surface area contributed by atoms with Gasteiger partial charge in [0.05, 0.1) is 16.8 Å². The van der Waals surface area contributed by atoms with Crippen LogP contribution in [0.3, 0.4) is 0 Å². The van der Waals surface area contributed by atoms with Crippen LogP contribution in [0.2, 0.25) is 0 Å². The van der Waals surface area contributed by atoms with Crippen LogP contribution in [0.4, 0.5) is 0 Å². The molecule has 1 saturated heterocycles. The summed E-state index contributed by atoms with van der Waals surface area (Å²) in [5.74, 6) is 0. The molecule has 0 atom stereocenters. The molecule has 0 unspecified atom stereocenters. The van der Waals surface area contributed by atoms with E-state index < -0.39 is 18.3 Å². The molecule has 0 N–H and O–H groups in total. The molecular weight excluding hydrogens is 549 g/mol. The molecule has 2 heterocycles. The number of rotatable bonds is 4. The van der Waals surface area contributed by atoms with Crippen molar-refractivity contribution in [2.24, 2.45) is 0 Å². The van der Waals surface area contributed by atoms with Crippen LogP contribution in [0.5, 0.6) is 0 Å². The second-order valence-electron chi connectivity index (χ2n) is 13.0. The highest BCUT2D eigenvalue weighted by atomic mass is 16.7. The lowest BCUT2D eigenvalue weighted by Gasteiger charge is -2.32. The van der Waals surface area contributed by atoms with E-state index in [1.165, 1.54) is 60.1 Å². The van der Waals surface area contributed by atoms with Crippen molar-refractivity contribution < 1.29 is 9.31 Å². The number of aromatic nitrogens is 1. The van der Waals surface area contributed by atoms with E-state index in [1.807, 2.05) is 12.3 Å². The maximum atomic E-state index is 6.29. The van der Waals surface area contributed by atoms with Crippen molar-refractivity contribution in [2.75, 3.05) is 0 Å². The minimum absolute atomic E-state index is 0.413. The van der Waals surface area contributed by atoms with Crippen LogP contribution in [0.15, 0.2) is 134 Å². The Morgan fingerprint density at radius 1 is 0.444 bits per heavy atom. The summed E-state index contributed by atoms with van der Waals surface area (Å²) in [5, 5.41) is 7.34. The SMILES string of the molecule is CC1(C)OB(c2ccc(-c3c4ccccc4c(-c4ccc(-c5ccccc5)c5ccccc45)c4ccccc34)cn2)OC1(C)C. The predicted molar refractivity (Wildman–Crippen MR) is 189 cm³/mol. The Hall–Kier alpha value is -4.77. The fraction of sp³-hybridized carbons (Fsp3) is 0.146. The van der Waals surface area contributed by atoms with Gasteiger partial charge in [0.1, 0.15) is 0 Å². The molecule has 4 heteroatoms. The molecule has 1 aliphatic heterocycles. The third kappa shape index (κ3) is 4.48. The number of pyridine rings is 1. The van der Waals surface area contributed by atoms with E-state index in [0.717, 1.165) is 11.2 Å². The van der Waals surface area contributed by atoms with E-state index in [0.29, 0.717) is 0 Å². The summed E-state index contributed by atoms with van der Waals surface area (Å²) in [4.78, 5) is 4.89. The first-order valence-electron chi connectivity index (χ1n) is 15.7. The van der Waals surface area contributed by atoms with Crippen molar-refractivity contribution in [3.8, 4) is 33.4 Å². The Labute approximate surface area is 264 Å².